The number of nitrogens with zero attached hydrogens (tertiary/aromatic N) is 4. The summed E-state index contributed by atoms with van der Waals surface area (Å²) in [6.45, 7) is 1.81. The Balaban J connectivity index is 1.99. The van der Waals surface area contributed by atoms with Crippen molar-refractivity contribution in [1.29, 1.82) is 0 Å². The average Bonchev–Trinajstić information content (AvgIpc) is 3.23. The highest BCUT2D eigenvalue weighted by Crippen LogP contribution is 2.27. The summed E-state index contributed by atoms with van der Waals surface area (Å²) in [5, 5.41) is 21.9. The molecular formula is C17H16N4O4S. The Hall–Kier alpha value is -3.07. The molecule has 3 aromatic rings. The van der Waals surface area contributed by atoms with Crippen molar-refractivity contribution in [2.45, 2.75) is 12.1 Å². The molecule has 0 amide bonds. The van der Waals surface area contributed by atoms with Crippen LogP contribution in [0.4, 0.5) is 0 Å². The number of aliphatic carboxylic acids is 1. The Morgan fingerprint density at radius 2 is 2.27 bits per heavy atom. The molecule has 0 unspecified atom stereocenters. The van der Waals surface area contributed by atoms with Gasteiger partial charge in [-0.25, -0.2) is 0 Å². The van der Waals surface area contributed by atoms with Crippen LogP contribution in [0, 0.1) is 6.92 Å². The molecule has 2 aromatic heterocycles. The second-order valence-electron chi connectivity index (χ2n) is 5.21. The van der Waals surface area contributed by atoms with Crippen molar-refractivity contribution in [3.8, 4) is 17.1 Å². The predicted octanol–water partition coefficient (Wildman–Crippen LogP) is 2.91. The molecule has 0 atom stereocenters. The second kappa shape index (κ2) is 7.87. The van der Waals surface area contributed by atoms with E-state index in [1.165, 1.54) is 4.68 Å². The van der Waals surface area contributed by atoms with E-state index in [1.54, 1.807) is 25.7 Å². The lowest BCUT2D eigenvalue weighted by molar-refractivity contribution is -0.133. The molecule has 0 bridgehead atoms. The zero-order chi connectivity index (χ0) is 18.5. The van der Waals surface area contributed by atoms with Gasteiger partial charge in [0.25, 0.3) is 0 Å². The van der Waals surface area contributed by atoms with Crippen LogP contribution in [-0.4, -0.2) is 45.0 Å². The van der Waals surface area contributed by atoms with Gasteiger partial charge in [0.05, 0.1) is 30.9 Å². The molecule has 1 N–H and O–H groups in total. The Kier molecular flexibility index (Phi) is 5.37. The van der Waals surface area contributed by atoms with Crippen LogP contribution in [0.3, 0.4) is 0 Å². The van der Waals surface area contributed by atoms with Gasteiger partial charge in [0.2, 0.25) is 5.16 Å². The number of hydrogen-bond donors (Lipinski definition) is 1. The van der Waals surface area contributed by atoms with Crippen molar-refractivity contribution >= 4 is 23.9 Å². The molecule has 0 aliphatic carbocycles. The molecule has 0 saturated carbocycles. The quantitative estimate of drug-likeness (QED) is 0.502. The monoisotopic (exact) mass is 372 g/mol. The fraction of sp³-hybridized carbons (Fsp3) is 0.176. The SMILES string of the molecule is COc1cccc(/C=N\n2c(SCC(=O)O)nnc2-c2ccoc2C)c1. The maximum atomic E-state index is 10.9. The van der Waals surface area contributed by atoms with Crippen molar-refractivity contribution < 1.29 is 19.1 Å². The lowest BCUT2D eigenvalue weighted by Gasteiger charge is -2.04. The van der Waals surface area contributed by atoms with E-state index in [4.69, 9.17) is 14.3 Å². The maximum absolute atomic E-state index is 10.9. The van der Waals surface area contributed by atoms with Gasteiger partial charge in [0.15, 0.2) is 5.82 Å². The van der Waals surface area contributed by atoms with Crippen molar-refractivity contribution in [2.24, 2.45) is 5.10 Å². The van der Waals surface area contributed by atoms with E-state index in [-0.39, 0.29) is 5.75 Å². The van der Waals surface area contributed by atoms with Gasteiger partial charge in [0, 0.05) is 0 Å². The number of thioether (sulfide) groups is 1. The lowest BCUT2D eigenvalue weighted by atomic mass is 10.2. The minimum Gasteiger partial charge on any atom is -0.497 e. The maximum Gasteiger partial charge on any atom is 0.313 e. The molecule has 0 radical (unpaired) electrons. The number of benzene rings is 1. The number of carbonyl (C=O) groups is 1. The van der Waals surface area contributed by atoms with E-state index in [9.17, 15) is 4.79 Å². The minimum absolute atomic E-state index is 0.142. The van der Waals surface area contributed by atoms with E-state index >= 15 is 0 Å². The summed E-state index contributed by atoms with van der Waals surface area (Å²) in [7, 11) is 1.59. The molecule has 9 heteroatoms. The van der Waals surface area contributed by atoms with Crippen LogP contribution in [0.2, 0.25) is 0 Å². The van der Waals surface area contributed by atoms with Crippen molar-refractivity contribution in [3.63, 3.8) is 0 Å². The molecule has 26 heavy (non-hydrogen) atoms. The molecule has 0 spiro atoms. The first-order valence-corrected chi connectivity index (χ1v) is 8.60. The third-order valence-electron chi connectivity index (χ3n) is 3.45. The third kappa shape index (κ3) is 3.94. The first-order chi connectivity index (χ1) is 12.6. The van der Waals surface area contributed by atoms with Gasteiger partial charge in [-0.05, 0) is 30.7 Å². The number of furan rings is 1. The minimum atomic E-state index is -0.942. The molecular weight excluding hydrogens is 356 g/mol. The standard InChI is InChI=1S/C17H16N4O4S/c1-11-14(6-7-25-11)16-19-20-17(26-10-15(22)23)21(16)18-9-12-4-3-5-13(8-12)24-2/h3-9H,10H2,1-2H3,(H,22,23)/b18-9-. The van der Waals surface area contributed by atoms with Gasteiger partial charge in [-0.2, -0.15) is 9.78 Å². The number of ether oxygens (including phenoxy) is 1. The van der Waals surface area contributed by atoms with Crippen molar-refractivity contribution in [1.82, 2.24) is 14.9 Å². The third-order valence-corrected chi connectivity index (χ3v) is 4.36. The second-order valence-corrected chi connectivity index (χ2v) is 6.15. The summed E-state index contributed by atoms with van der Waals surface area (Å²) >= 11 is 1.04. The highest BCUT2D eigenvalue weighted by Gasteiger charge is 2.18. The number of aryl methyl sites for hydroxylation is 1. The topological polar surface area (TPSA) is 103 Å². The highest BCUT2D eigenvalue weighted by atomic mass is 32.2. The van der Waals surface area contributed by atoms with Gasteiger partial charge in [0.1, 0.15) is 11.5 Å². The van der Waals surface area contributed by atoms with Crippen molar-refractivity contribution in [3.05, 3.63) is 47.9 Å². The van der Waals surface area contributed by atoms with E-state index < -0.39 is 5.97 Å². The number of aromatic nitrogens is 3. The molecule has 0 aliphatic heterocycles. The zero-order valence-corrected chi connectivity index (χ0v) is 14.9. The van der Waals surface area contributed by atoms with Crippen LogP contribution in [0.5, 0.6) is 5.75 Å². The molecule has 0 fully saturated rings. The van der Waals surface area contributed by atoms with Gasteiger partial charge >= 0.3 is 5.97 Å². The molecule has 1 aromatic carbocycles. The number of hydrogen-bond acceptors (Lipinski definition) is 7. The number of carboxylic acid groups (broad SMARTS) is 1. The van der Waals surface area contributed by atoms with Crippen molar-refractivity contribution in [2.75, 3.05) is 12.9 Å². The fourth-order valence-corrected chi connectivity index (χ4v) is 2.82. The van der Waals surface area contributed by atoms with Crippen LogP contribution >= 0.6 is 11.8 Å². The Labute approximate surface area is 153 Å². The van der Waals surface area contributed by atoms with Gasteiger partial charge in [-0.15, -0.1) is 10.2 Å². The van der Waals surface area contributed by atoms with Crippen LogP contribution in [0.1, 0.15) is 11.3 Å². The number of methoxy groups -OCH3 is 1. The molecule has 8 nitrogen and oxygen atoms in total. The number of rotatable bonds is 7. The molecule has 0 aliphatic rings. The summed E-state index contributed by atoms with van der Waals surface area (Å²) < 4.78 is 12.0. The van der Waals surface area contributed by atoms with Crippen LogP contribution in [-0.2, 0) is 4.79 Å². The van der Waals surface area contributed by atoms with E-state index in [0.29, 0.717) is 22.5 Å². The molecule has 134 valence electrons. The summed E-state index contributed by atoms with van der Waals surface area (Å²) in [5.74, 6) is 0.775. The zero-order valence-electron chi connectivity index (χ0n) is 14.1. The first-order valence-electron chi connectivity index (χ1n) is 7.61. The summed E-state index contributed by atoms with van der Waals surface area (Å²) in [5.41, 5.74) is 1.56. The van der Waals surface area contributed by atoms with E-state index in [2.05, 4.69) is 15.3 Å². The van der Waals surface area contributed by atoms with Gasteiger partial charge in [-0.3, -0.25) is 4.79 Å². The average molecular weight is 372 g/mol. The summed E-state index contributed by atoms with van der Waals surface area (Å²) in [4.78, 5) is 10.9. The molecule has 3 rings (SSSR count). The largest absolute Gasteiger partial charge is 0.497 e. The normalized spacial score (nSPS) is 11.2. The first kappa shape index (κ1) is 17.7. The fourth-order valence-electron chi connectivity index (χ4n) is 2.22. The lowest BCUT2D eigenvalue weighted by Crippen LogP contribution is -2.01. The van der Waals surface area contributed by atoms with Gasteiger partial charge < -0.3 is 14.3 Å². The predicted molar refractivity (Wildman–Crippen MR) is 96.8 cm³/mol. The smallest absolute Gasteiger partial charge is 0.313 e. The number of carboxylic acids is 1. The molecule has 0 saturated heterocycles. The highest BCUT2D eigenvalue weighted by molar-refractivity contribution is 7.99. The van der Waals surface area contributed by atoms with Gasteiger partial charge in [-0.1, -0.05) is 23.9 Å². The van der Waals surface area contributed by atoms with Crippen LogP contribution < -0.4 is 4.74 Å². The summed E-state index contributed by atoms with van der Waals surface area (Å²) in [6, 6.07) is 9.17. The Bertz CT molecular complexity index is 948. The molecule has 2 heterocycles. The van der Waals surface area contributed by atoms with Crippen LogP contribution in [0.25, 0.3) is 11.4 Å². The van der Waals surface area contributed by atoms with E-state index in [1.807, 2.05) is 31.2 Å². The van der Waals surface area contributed by atoms with Crippen LogP contribution in [0.15, 0.2) is 51.3 Å². The summed E-state index contributed by atoms with van der Waals surface area (Å²) in [6.07, 6.45) is 3.19. The Morgan fingerprint density at radius 1 is 1.42 bits per heavy atom. The Morgan fingerprint density at radius 3 is 2.96 bits per heavy atom. The van der Waals surface area contributed by atoms with E-state index in [0.717, 1.165) is 22.9 Å².